The zero-order valence-corrected chi connectivity index (χ0v) is 14.3. The summed E-state index contributed by atoms with van der Waals surface area (Å²) in [6, 6.07) is 10.1. The second-order valence-corrected chi connectivity index (χ2v) is 5.99. The normalized spacial score (nSPS) is 10.3. The molecule has 2 rings (SSSR count). The number of hydrogen-bond donors (Lipinski definition) is 1. The Hall–Kier alpha value is -1.40. The molecule has 21 heavy (non-hydrogen) atoms. The number of esters is 1. The van der Waals surface area contributed by atoms with Crippen molar-refractivity contribution in [1.82, 2.24) is 0 Å². The van der Waals surface area contributed by atoms with Crippen molar-refractivity contribution < 1.29 is 13.9 Å². The van der Waals surface area contributed by atoms with Crippen LogP contribution in [0.1, 0.15) is 15.9 Å². The molecule has 6 heteroatoms. The molecule has 0 aliphatic carbocycles. The van der Waals surface area contributed by atoms with Crippen LogP contribution in [0.3, 0.4) is 0 Å². The quantitative estimate of drug-likeness (QED) is 0.731. The molecule has 0 unspecified atom stereocenters. The predicted octanol–water partition coefficient (Wildman–Crippen LogP) is 4.75. The molecule has 3 nitrogen and oxygen atoms in total. The Morgan fingerprint density at radius 1 is 1.19 bits per heavy atom. The third kappa shape index (κ3) is 4.04. The van der Waals surface area contributed by atoms with E-state index in [0.717, 1.165) is 10.0 Å². The van der Waals surface area contributed by atoms with Crippen LogP contribution >= 0.6 is 31.9 Å². The lowest BCUT2D eigenvalue weighted by atomic mass is 10.1. The molecule has 0 fully saturated rings. The van der Waals surface area contributed by atoms with E-state index in [9.17, 15) is 9.18 Å². The lowest BCUT2D eigenvalue weighted by Crippen LogP contribution is -2.04. The molecule has 0 spiro atoms. The zero-order valence-electron chi connectivity index (χ0n) is 11.1. The van der Waals surface area contributed by atoms with E-state index in [1.807, 2.05) is 6.07 Å². The maximum Gasteiger partial charge on any atom is 0.337 e. The van der Waals surface area contributed by atoms with Crippen molar-refractivity contribution in [1.29, 1.82) is 0 Å². The molecule has 0 saturated carbocycles. The summed E-state index contributed by atoms with van der Waals surface area (Å²) in [6.45, 7) is 0.503. The van der Waals surface area contributed by atoms with Gasteiger partial charge in [-0.25, -0.2) is 9.18 Å². The van der Waals surface area contributed by atoms with Crippen LogP contribution < -0.4 is 5.32 Å². The first-order chi connectivity index (χ1) is 10.0. The lowest BCUT2D eigenvalue weighted by Gasteiger charge is -2.10. The molecule has 0 heterocycles. The van der Waals surface area contributed by atoms with E-state index in [2.05, 4.69) is 41.9 Å². The molecule has 0 aliphatic heterocycles. The zero-order chi connectivity index (χ0) is 15.4. The molecule has 0 bridgehead atoms. The first-order valence-electron chi connectivity index (χ1n) is 6.07. The molecule has 110 valence electrons. The summed E-state index contributed by atoms with van der Waals surface area (Å²) in [4.78, 5) is 11.4. The Labute approximate surface area is 138 Å². The standard InChI is InChI=1S/C15H12Br2FNO2/c1-21-15(20)9-2-3-10(13(17)6-9)8-19-11-4-5-12(16)14(18)7-11/h2-7,19H,8H2,1H3. The maximum atomic E-state index is 13.4. The molecule has 0 radical (unpaired) electrons. The molecule has 2 aromatic carbocycles. The highest BCUT2D eigenvalue weighted by atomic mass is 79.9. The van der Waals surface area contributed by atoms with Crippen molar-refractivity contribution in [3.8, 4) is 0 Å². The average molecular weight is 417 g/mol. The fourth-order valence-electron chi connectivity index (χ4n) is 1.74. The molecule has 1 N–H and O–H groups in total. The summed E-state index contributed by atoms with van der Waals surface area (Å²) < 4.78 is 19.3. The van der Waals surface area contributed by atoms with Crippen LogP contribution in [0.4, 0.5) is 10.1 Å². The van der Waals surface area contributed by atoms with Crippen molar-refractivity contribution in [3.05, 3.63) is 62.3 Å². The topological polar surface area (TPSA) is 38.3 Å². The first kappa shape index (κ1) is 16.0. The highest BCUT2D eigenvalue weighted by molar-refractivity contribution is 9.10. The molecule has 2 aromatic rings. The Balaban J connectivity index is 2.09. The van der Waals surface area contributed by atoms with Gasteiger partial charge in [0.15, 0.2) is 0 Å². The second kappa shape index (κ2) is 7.04. The maximum absolute atomic E-state index is 13.4. The van der Waals surface area contributed by atoms with Crippen LogP contribution in [0.5, 0.6) is 0 Å². The van der Waals surface area contributed by atoms with E-state index in [1.165, 1.54) is 13.2 Å². The number of carbonyl (C=O) groups is 1. The number of nitrogens with one attached hydrogen (secondary N) is 1. The molecular weight excluding hydrogens is 405 g/mol. The minimum absolute atomic E-state index is 0.319. The van der Waals surface area contributed by atoms with Crippen LogP contribution in [0, 0.1) is 5.82 Å². The van der Waals surface area contributed by atoms with Crippen LogP contribution in [0.25, 0.3) is 0 Å². The average Bonchev–Trinajstić information content (AvgIpc) is 2.48. The first-order valence-corrected chi connectivity index (χ1v) is 7.65. The third-order valence-corrected chi connectivity index (χ3v) is 4.26. The molecule has 0 atom stereocenters. The fourth-order valence-corrected chi connectivity index (χ4v) is 2.50. The van der Waals surface area contributed by atoms with E-state index in [4.69, 9.17) is 0 Å². The highest BCUT2D eigenvalue weighted by Crippen LogP contribution is 2.23. The number of carbonyl (C=O) groups excluding carboxylic acids is 1. The summed E-state index contributed by atoms with van der Waals surface area (Å²) >= 11 is 6.53. The Bertz CT molecular complexity index is 677. The number of rotatable bonds is 4. The van der Waals surface area contributed by atoms with Crippen molar-refractivity contribution >= 4 is 43.5 Å². The van der Waals surface area contributed by atoms with Gasteiger partial charge in [0, 0.05) is 16.7 Å². The number of benzene rings is 2. The van der Waals surface area contributed by atoms with E-state index in [1.54, 1.807) is 24.3 Å². The summed E-state index contributed by atoms with van der Waals surface area (Å²) in [5, 5.41) is 3.13. The van der Waals surface area contributed by atoms with Gasteiger partial charge in [0.1, 0.15) is 5.82 Å². The van der Waals surface area contributed by atoms with Crippen LogP contribution in [0.15, 0.2) is 45.3 Å². The van der Waals surface area contributed by atoms with Crippen molar-refractivity contribution in [3.63, 3.8) is 0 Å². The third-order valence-electron chi connectivity index (χ3n) is 2.88. The summed E-state index contributed by atoms with van der Waals surface area (Å²) in [7, 11) is 1.34. The van der Waals surface area contributed by atoms with E-state index >= 15 is 0 Å². The van der Waals surface area contributed by atoms with Gasteiger partial charge in [-0.3, -0.25) is 0 Å². The highest BCUT2D eigenvalue weighted by Gasteiger charge is 2.08. The van der Waals surface area contributed by atoms with Gasteiger partial charge in [-0.05, 0) is 51.8 Å². The summed E-state index contributed by atoms with van der Waals surface area (Å²) in [5.74, 6) is -0.703. The molecule has 0 aromatic heterocycles. The van der Waals surface area contributed by atoms with Crippen molar-refractivity contribution in [2.45, 2.75) is 6.54 Å². The summed E-state index contributed by atoms with van der Waals surface area (Å²) in [5.41, 5.74) is 2.11. The van der Waals surface area contributed by atoms with Gasteiger partial charge in [-0.1, -0.05) is 22.0 Å². The van der Waals surface area contributed by atoms with Gasteiger partial charge < -0.3 is 10.1 Å². The smallest absolute Gasteiger partial charge is 0.337 e. The molecule has 0 aliphatic rings. The monoisotopic (exact) mass is 415 g/mol. The van der Waals surface area contributed by atoms with Crippen LogP contribution in [0.2, 0.25) is 0 Å². The molecule has 0 saturated heterocycles. The fraction of sp³-hybridized carbons (Fsp3) is 0.133. The molecular formula is C15H12Br2FNO2. The van der Waals surface area contributed by atoms with Gasteiger partial charge >= 0.3 is 5.97 Å². The second-order valence-electron chi connectivity index (χ2n) is 4.28. The van der Waals surface area contributed by atoms with Gasteiger partial charge in [0.25, 0.3) is 0 Å². The van der Waals surface area contributed by atoms with E-state index in [0.29, 0.717) is 22.3 Å². The number of ether oxygens (including phenoxy) is 1. The molecule has 0 amide bonds. The van der Waals surface area contributed by atoms with E-state index in [-0.39, 0.29) is 11.8 Å². The summed E-state index contributed by atoms with van der Waals surface area (Å²) in [6.07, 6.45) is 0. The SMILES string of the molecule is COC(=O)c1ccc(CNc2ccc(Br)c(F)c2)c(Br)c1. The number of methoxy groups -OCH3 is 1. The Kier molecular flexibility index (Phi) is 5.36. The van der Waals surface area contributed by atoms with E-state index < -0.39 is 0 Å². The van der Waals surface area contributed by atoms with Crippen LogP contribution in [-0.2, 0) is 11.3 Å². The van der Waals surface area contributed by atoms with Gasteiger partial charge in [-0.15, -0.1) is 0 Å². The number of anilines is 1. The van der Waals surface area contributed by atoms with Crippen LogP contribution in [-0.4, -0.2) is 13.1 Å². The number of hydrogen-bond acceptors (Lipinski definition) is 3. The lowest BCUT2D eigenvalue weighted by molar-refractivity contribution is 0.0600. The van der Waals surface area contributed by atoms with Crippen molar-refractivity contribution in [2.75, 3.05) is 12.4 Å². The number of halogens is 3. The van der Waals surface area contributed by atoms with Crippen molar-refractivity contribution in [2.24, 2.45) is 0 Å². The minimum atomic E-state index is -0.384. The largest absolute Gasteiger partial charge is 0.465 e. The van der Waals surface area contributed by atoms with Gasteiger partial charge in [0.05, 0.1) is 17.1 Å². The predicted molar refractivity (Wildman–Crippen MR) is 86.9 cm³/mol. The van der Waals surface area contributed by atoms with Gasteiger partial charge in [-0.2, -0.15) is 0 Å². The Morgan fingerprint density at radius 3 is 2.57 bits per heavy atom. The minimum Gasteiger partial charge on any atom is -0.465 e. The van der Waals surface area contributed by atoms with Gasteiger partial charge in [0.2, 0.25) is 0 Å². The Morgan fingerprint density at radius 2 is 1.95 bits per heavy atom.